The van der Waals surface area contributed by atoms with E-state index < -0.39 is 6.17 Å². The zero-order chi connectivity index (χ0) is 17.4. The van der Waals surface area contributed by atoms with Gasteiger partial charge in [-0.1, -0.05) is 0 Å². The van der Waals surface area contributed by atoms with Gasteiger partial charge in [-0.2, -0.15) is 0 Å². The number of hydrogen-bond donors (Lipinski definition) is 1. The van der Waals surface area contributed by atoms with E-state index in [1.54, 1.807) is 23.6 Å². The van der Waals surface area contributed by atoms with Crippen LogP contribution in [0.4, 0.5) is 10.1 Å². The number of pyridine rings is 1. The summed E-state index contributed by atoms with van der Waals surface area (Å²) < 4.78 is 19.0. The molecule has 134 valence electrons. The molecule has 4 heterocycles. The number of alkyl halides is 1. The Morgan fingerprint density at radius 3 is 3.12 bits per heavy atom. The molecule has 0 spiro atoms. The summed E-state index contributed by atoms with van der Waals surface area (Å²) in [6, 6.07) is 2.14. The van der Waals surface area contributed by atoms with Gasteiger partial charge in [0.2, 0.25) is 5.91 Å². The molecular weight excluding hydrogens is 323 g/mol. The molecule has 2 fully saturated rings. The first kappa shape index (κ1) is 16.3. The molecule has 0 aliphatic carbocycles. The van der Waals surface area contributed by atoms with Gasteiger partial charge < -0.3 is 14.6 Å². The summed E-state index contributed by atoms with van der Waals surface area (Å²) >= 11 is 0. The fourth-order valence-electron chi connectivity index (χ4n) is 3.90. The second kappa shape index (κ2) is 6.63. The van der Waals surface area contributed by atoms with E-state index in [1.165, 1.54) is 0 Å². The van der Waals surface area contributed by atoms with Crippen molar-refractivity contribution in [3.8, 4) is 0 Å². The molecule has 7 heteroatoms. The summed E-state index contributed by atoms with van der Waals surface area (Å²) in [7, 11) is 0. The highest BCUT2D eigenvalue weighted by molar-refractivity contribution is 5.87. The number of amides is 1. The molecule has 2 saturated heterocycles. The van der Waals surface area contributed by atoms with Gasteiger partial charge >= 0.3 is 0 Å². The van der Waals surface area contributed by atoms with Crippen LogP contribution < -0.4 is 5.32 Å². The molecular formula is C18H23FN4O2. The van der Waals surface area contributed by atoms with Gasteiger partial charge in [0.1, 0.15) is 6.17 Å². The third kappa shape index (κ3) is 3.33. The quantitative estimate of drug-likeness (QED) is 0.920. The van der Waals surface area contributed by atoms with Crippen molar-refractivity contribution in [2.45, 2.75) is 38.0 Å². The van der Waals surface area contributed by atoms with Crippen LogP contribution in [-0.4, -0.2) is 65.1 Å². The number of fused-ring (bicyclic) bond motifs is 1. The molecule has 2 aromatic heterocycles. The number of carbonyl (C=O) groups excluding carboxylic acids is 1. The predicted octanol–water partition coefficient (Wildman–Crippen LogP) is 2.27. The van der Waals surface area contributed by atoms with Crippen molar-refractivity contribution in [1.82, 2.24) is 14.8 Å². The van der Waals surface area contributed by atoms with E-state index in [9.17, 15) is 9.18 Å². The third-order valence-corrected chi connectivity index (χ3v) is 5.19. The Morgan fingerprint density at radius 1 is 1.44 bits per heavy atom. The number of hydrogen-bond acceptors (Lipinski definition) is 5. The van der Waals surface area contributed by atoms with Crippen LogP contribution in [0.3, 0.4) is 0 Å². The van der Waals surface area contributed by atoms with Crippen LogP contribution in [0, 0.1) is 0 Å². The van der Waals surface area contributed by atoms with Gasteiger partial charge in [-0.15, -0.1) is 0 Å². The van der Waals surface area contributed by atoms with Gasteiger partial charge in [0.15, 0.2) is 5.58 Å². The Hall–Kier alpha value is -2.15. The summed E-state index contributed by atoms with van der Waals surface area (Å²) in [4.78, 5) is 20.5. The molecule has 6 nitrogen and oxygen atoms in total. The molecule has 25 heavy (non-hydrogen) atoms. The predicted molar refractivity (Wildman–Crippen MR) is 93.2 cm³/mol. The zero-order valence-corrected chi connectivity index (χ0v) is 14.3. The van der Waals surface area contributed by atoms with Crippen LogP contribution in [0.2, 0.25) is 0 Å². The number of carbonyl (C=O) groups is 1. The SMILES string of the molecule is C[C@@H]1C[C@H](F)CN1C(=O)CN1CC[C@H](Nc2cncc3ccoc23)C1. The van der Waals surface area contributed by atoms with E-state index in [0.29, 0.717) is 13.0 Å². The van der Waals surface area contributed by atoms with Crippen molar-refractivity contribution >= 4 is 22.6 Å². The largest absolute Gasteiger partial charge is 0.462 e. The first-order valence-corrected chi connectivity index (χ1v) is 8.84. The molecule has 0 bridgehead atoms. The maximum atomic E-state index is 13.5. The molecule has 3 atom stereocenters. The average molecular weight is 346 g/mol. The van der Waals surface area contributed by atoms with Crippen LogP contribution >= 0.6 is 0 Å². The van der Waals surface area contributed by atoms with E-state index in [1.807, 2.05) is 13.0 Å². The van der Waals surface area contributed by atoms with Crippen molar-refractivity contribution in [2.24, 2.45) is 0 Å². The molecule has 1 N–H and O–H groups in total. The molecule has 1 amide bonds. The average Bonchev–Trinajstić information content (AvgIpc) is 3.28. The first-order valence-electron chi connectivity index (χ1n) is 8.84. The maximum absolute atomic E-state index is 13.5. The van der Waals surface area contributed by atoms with Crippen molar-refractivity contribution in [1.29, 1.82) is 0 Å². The Kier molecular flexibility index (Phi) is 4.33. The monoisotopic (exact) mass is 346 g/mol. The lowest BCUT2D eigenvalue weighted by Gasteiger charge is -2.24. The lowest BCUT2D eigenvalue weighted by Crippen LogP contribution is -2.42. The van der Waals surface area contributed by atoms with E-state index in [-0.39, 0.29) is 24.5 Å². The van der Waals surface area contributed by atoms with Crippen LogP contribution in [0.15, 0.2) is 29.1 Å². The smallest absolute Gasteiger partial charge is 0.237 e. The van der Waals surface area contributed by atoms with Crippen molar-refractivity contribution in [3.63, 3.8) is 0 Å². The standard InChI is InChI=1S/C18H23FN4O2/c1-12-6-14(19)9-23(12)17(24)11-22-4-2-15(10-22)21-16-8-20-7-13-3-5-25-18(13)16/h3,5,7-8,12,14-15,21H,2,4,6,9-11H2,1H3/t12-,14+,15+/m1/s1. The van der Waals surface area contributed by atoms with E-state index in [2.05, 4.69) is 15.2 Å². The van der Waals surface area contributed by atoms with Crippen molar-refractivity contribution in [2.75, 3.05) is 31.5 Å². The number of halogens is 1. The number of anilines is 1. The third-order valence-electron chi connectivity index (χ3n) is 5.19. The van der Waals surface area contributed by atoms with E-state index in [0.717, 1.165) is 36.2 Å². The fraction of sp³-hybridized carbons (Fsp3) is 0.556. The Balaban J connectivity index is 1.34. The highest BCUT2D eigenvalue weighted by Crippen LogP contribution is 2.25. The summed E-state index contributed by atoms with van der Waals surface area (Å²) in [5.74, 6) is 0.0307. The van der Waals surface area contributed by atoms with E-state index >= 15 is 0 Å². The molecule has 0 unspecified atom stereocenters. The highest BCUT2D eigenvalue weighted by atomic mass is 19.1. The summed E-state index contributed by atoms with van der Waals surface area (Å²) in [5.41, 5.74) is 1.69. The minimum atomic E-state index is -0.881. The summed E-state index contributed by atoms with van der Waals surface area (Å²) in [6.45, 7) is 4.15. The van der Waals surface area contributed by atoms with Gasteiger partial charge in [0.05, 0.1) is 31.2 Å². The Bertz CT molecular complexity index is 764. The molecule has 2 aliphatic rings. The molecule has 4 rings (SSSR count). The minimum absolute atomic E-state index is 0.00153. The van der Waals surface area contributed by atoms with Crippen LogP contribution in [0.25, 0.3) is 11.0 Å². The number of rotatable bonds is 4. The Labute approximate surface area is 146 Å². The first-order chi connectivity index (χ1) is 12.1. The molecule has 2 aromatic rings. The minimum Gasteiger partial charge on any atom is -0.462 e. The second-order valence-electron chi connectivity index (χ2n) is 7.12. The number of nitrogens with zero attached hydrogens (tertiary/aromatic N) is 3. The Morgan fingerprint density at radius 2 is 2.32 bits per heavy atom. The topological polar surface area (TPSA) is 61.6 Å². The highest BCUT2D eigenvalue weighted by Gasteiger charge is 2.34. The number of aromatic nitrogens is 1. The van der Waals surface area contributed by atoms with Gasteiger partial charge in [-0.05, 0) is 19.4 Å². The van der Waals surface area contributed by atoms with Crippen LogP contribution in [0.1, 0.15) is 19.8 Å². The van der Waals surface area contributed by atoms with Gasteiger partial charge in [-0.3, -0.25) is 14.7 Å². The van der Waals surface area contributed by atoms with Crippen LogP contribution in [0.5, 0.6) is 0 Å². The van der Waals surface area contributed by atoms with Crippen molar-refractivity contribution in [3.05, 3.63) is 24.7 Å². The summed E-state index contributed by atoms with van der Waals surface area (Å²) in [6.07, 6.45) is 5.73. The lowest BCUT2D eigenvalue weighted by atomic mass is 10.2. The lowest BCUT2D eigenvalue weighted by molar-refractivity contribution is -0.132. The number of furan rings is 1. The molecule has 2 aliphatic heterocycles. The number of likely N-dealkylation sites (tertiary alicyclic amines) is 2. The fourth-order valence-corrected chi connectivity index (χ4v) is 3.90. The zero-order valence-electron chi connectivity index (χ0n) is 14.3. The van der Waals surface area contributed by atoms with E-state index in [4.69, 9.17) is 4.42 Å². The molecule has 0 aromatic carbocycles. The maximum Gasteiger partial charge on any atom is 0.237 e. The van der Waals surface area contributed by atoms with Crippen LogP contribution in [-0.2, 0) is 4.79 Å². The van der Waals surface area contributed by atoms with Gasteiger partial charge in [-0.25, -0.2) is 4.39 Å². The summed E-state index contributed by atoms with van der Waals surface area (Å²) in [5, 5.41) is 4.45. The molecule has 0 radical (unpaired) electrons. The normalized spacial score (nSPS) is 27.3. The van der Waals surface area contributed by atoms with Gasteiger partial charge in [0.25, 0.3) is 0 Å². The molecule has 0 saturated carbocycles. The van der Waals surface area contributed by atoms with Gasteiger partial charge in [0, 0.05) is 43.2 Å². The second-order valence-corrected chi connectivity index (χ2v) is 7.12. The number of nitrogens with one attached hydrogen (secondary N) is 1. The van der Waals surface area contributed by atoms with Crippen molar-refractivity contribution < 1.29 is 13.6 Å².